The fraction of sp³-hybridized carbons (Fsp3) is 0.700. The van der Waals surface area contributed by atoms with E-state index in [-0.39, 0.29) is 25.0 Å². The number of alkyl halides is 3. The second-order valence-electron chi connectivity index (χ2n) is 8.87. The molecule has 2 aromatic rings. The summed E-state index contributed by atoms with van der Waals surface area (Å²) in [5.41, 5.74) is 0.860. The van der Waals surface area contributed by atoms with Gasteiger partial charge in [-0.25, -0.2) is 9.20 Å². The van der Waals surface area contributed by atoms with Gasteiger partial charge in [-0.05, 0) is 38.3 Å². The van der Waals surface area contributed by atoms with Crippen molar-refractivity contribution in [1.29, 1.82) is 0 Å². The molecule has 11 heteroatoms. The Bertz CT molecular complexity index is 1020. The monoisotopic (exact) mass is 440 g/mol. The first kappa shape index (κ1) is 21.8. The highest BCUT2D eigenvalue weighted by Gasteiger charge is 2.33. The van der Waals surface area contributed by atoms with Crippen LogP contribution in [0.2, 0.25) is 0 Å². The summed E-state index contributed by atoms with van der Waals surface area (Å²) < 4.78 is 40.7. The zero-order chi connectivity index (χ0) is 22.3. The Morgan fingerprint density at radius 2 is 2.00 bits per heavy atom. The van der Waals surface area contributed by atoms with Gasteiger partial charge in [0, 0.05) is 24.4 Å². The van der Waals surface area contributed by atoms with Crippen molar-refractivity contribution in [1.82, 2.24) is 29.6 Å². The third-order valence-electron chi connectivity index (χ3n) is 5.70. The number of carbonyl (C=O) groups is 1. The van der Waals surface area contributed by atoms with Gasteiger partial charge >= 0.3 is 6.18 Å². The molecule has 0 aromatic carbocycles. The van der Waals surface area contributed by atoms with Gasteiger partial charge in [-0.2, -0.15) is 23.4 Å². The van der Waals surface area contributed by atoms with Gasteiger partial charge < -0.3 is 5.32 Å². The molecule has 4 rings (SSSR count). The van der Waals surface area contributed by atoms with Crippen LogP contribution < -0.4 is 10.9 Å². The first-order valence-corrected chi connectivity index (χ1v) is 10.7. The van der Waals surface area contributed by atoms with Crippen LogP contribution in [0.4, 0.5) is 13.2 Å². The molecular weight excluding hydrogens is 413 g/mol. The summed E-state index contributed by atoms with van der Waals surface area (Å²) in [6.45, 7) is 3.09. The molecule has 0 bridgehead atoms. The summed E-state index contributed by atoms with van der Waals surface area (Å²) in [6.07, 6.45) is -0.986. The number of hydrogen-bond acceptors (Lipinski definition) is 5. The van der Waals surface area contributed by atoms with Crippen LogP contribution in [0.25, 0.3) is 5.52 Å². The number of piperidine rings is 1. The van der Waals surface area contributed by atoms with E-state index in [0.717, 1.165) is 23.2 Å². The van der Waals surface area contributed by atoms with Crippen molar-refractivity contribution in [2.24, 2.45) is 0 Å². The summed E-state index contributed by atoms with van der Waals surface area (Å²) in [7, 11) is 0. The fourth-order valence-corrected chi connectivity index (χ4v) is 4.10. The molecular formula is C20H27F3N6O2. The molecule has 1 N–H and O–H groups in total. The minimum absolute atomic E-state index is 0.0152. The Labute approximate surface area is 177 Å². The Morgan fingerprint density at radius 3 is 2.65 bits per heavy atom. The predicted molar refractivity (Wildman–Crippen MR) is 107 cm³/mol. The van der Waals surface area contributed by atoms with Crippen LogP contribution in [-0.4, -0.2) is 62.1 Å². The van der Waals surface area contributed by atoms with Crippen molar-refractivity contribution in [2.45, 2.75) is 70.1 Å². The quantitative estimate of drug-likeness (QED) is 0.743. The van der Waals surface area contributed by atoms with Gasteiger partial charge in [0.2, 0.25) is 5.91 Å². The molecule has 1 saturated carbocycles. The van der Waals surface area contributed by atoms with Crippen LogP contribution >= 0.6 is 0 Å². The van der Waals surface area contributed by atoms with E-state index in [1.54, 1.807) is 10.6 Å². The lowest BCUT2D eigenvalue weighted by molar-refractivity contribution is -0.148. The normalized spacial score (nSPS) is 20.5. The number of aromatic nitrogens is 4. The fourth-order valence-electron chi connectivity index (χ4n) is 4.10. The van der Waals surface area contributed by atoms with Crippen LogP contribution in [0.1, 0.15) is 62.9 Å². The topological polar surface area (TPSA) is 84.5 Å². The van der Waals surface area contributed by atoms with E-state index >= 15 is 0 Å². The van der Waals surface area contributed by atoms with Gasteiger partial charge in [-0.15, -0.1) is 0 Å². The smallest absolute Gasteiger partial charge is 0.350 e. The zero-order valence-corrected chi connectivity index (χ0v) is 17.7. The molecule has 170 valence electrons. The van der Waals surface area contributed by atoms with E-state index in [1.807, 2.05) is 13.8 Å². The molecule has 0 spiro atoms. The average molecular weight is 440 g/mol. The van der Waals surface area contributed by atoms with Crippen LogP contribution in [0, 0.1) is 0 Å². The molecule has 1 aliphatic heterocycles. The van der Waals surface area contributed by atoms with E-state index in [9.17, 15) is 22.8 Å². The predicted octanol–water partition coefficient (Wildman–Crippen LogP) is 2.03. The molecule has 31 heavy (non-hydrogen) atoms. The second kappa shape index (κ2) is 8.25. The average Bonchev–Trinajstić information content (AvgIpc) is 3.41. The highest BCUT2D eigenvalue weighted by Crippen LogP contribution is 2.39. The standard InChI is InChI=1S/C20H27F3N6O2/c1-12(2)18-26-28(19(31)16-8-15(13-5-6-13)25-29(16)18)10-17(30)24-14-4-3-7-27(9-14)11-20(21,22)23/h8,12-14H,3-7,9-11H2,1-2H3,(H,24,30). The highest BCUT2D eigenvalue weighted by atomic mass is 19.4. The van der Waals surface area contributed by atoms with Crippen LogP contribution in [-0.2, 0) is 11.3 Å². The third-order valence-corrected chi connectivity index (χ3v) is 5.70. The number of nitrogens with one attached hydrogen (secondary N) is 1. The Balaban J connectivity index is 1.49. The molecule has 1 saturated heterocycles. The molecule has 2 aliphatic rings. The van der Waals surface area contributed by atoms with E-state index in [1.165, 1.54) is 4.90 Å². The van der Waals surface area contributed by atoms with E-state index in [4.69, 9.17) is 0 Å². The Kier molecular flexibility index (Phi) is 5.80. The maximum Gasteiger partial charge on any atom is 0.401 e. The number of nitrogens with zero attached hydrogens (tertiary/aromatic N) is 5. The first-order chi connectivity index (χ1) is 14.6. The van der Waals surface area contributed by atoms with Crippen molar-refractivity contribution in [3.8, 4) is 0 Å². The molecule has 0 radical (unpaired) electrons. The number of carbonyl (C=O) groups excluding carboxylic acids is 1. The zero-order valence-electron chi connectivity index (χ0n) is 17.7. The third kappa shape index (κ3) is 5.08. The second-order valence-corrected chi connectivity index (χ2v) is 8.87. The van der Waals surface area contributed by atoms with E-state index < -0.39 is 24.2 Å². The minimum Gasteiger partial charge on any atom is -0.350 e. The molecule has 1 amide bonds. The van der Waals surface area contributed by atoms with E-state index in [0.29, 0.717) is 36.6 Å². The highest BCUT2D eigenvalue weighted by molar-refractivity contribution is 5.76. The summed E-state index contributed by atoms with van der Waals surface area (Å²) >= 11 is 0. The molecule has 2 fully saturated rings. The molecule has 1 unspecified atom stereocenters. The molecule has 3 heterocycles. The summed E-state index contributed by atoms with van der Waals surface area (Å²) in [5.74, 6) is 0.512. The van der Waals surface area contributed by atoms with Crippen LogP contribution in [0.5, 0.6) is 0 Å². The number of amides is 1. The van der Waals surface area contributed by atoms with Crippen LogP contribution in [0.15, 0.2) is 10.9 Å². The Hall–Kier alpha value is -2.43. The lowest BCUT2D eigenvalue weighted by atomic mass is 10.1. The summed E-state index contributed by atoms with van der Waals surface area (Å²) in [5, 5.41) is 11.7. The van der Waals surface area contributed by atoms with Crippen molar-refractivity contribution in [3.63, 3.8) is 0 Å². The molecule has 1 aliphatic carbocycles. The van der Waals surface area contributed by atoms with Gasteiger partial charge in [-0.3, -0.25) is 14.5 Å². The maximum atomic E-state index is 12.9. The Morgan fingerprint density at radius 1 is 1.26 bits per heavy atom. The molecule has 1 atom stereocenters. The van der Waals surface area contributed by atoms with Gasteiger partial charge in [0.25, 0.3) is 5.56 Å². The molecule has 2 aromatic heterocycles. The van der Waals surface area contributed by atoms with Crippen molar-refractivity contribution in [2.75, 3.05) is 19.6 Å². The van der Waals surface area contributed by atoms with Gasteiger partial charge in [0.15, 0.2) is 5.82 Å². The number of likely N-dealkylation sites (tertiary alicyclic amines) is 1. The lowest BCUT2D eigenvalue weighted by Crippen LogP contribution is -2.51. The van der Waals surface area contributed by atoms with Crippen molar-refractivity contribution < 1.29 is 18.0 Å². The lowest BCUT2D eigenvalue weighted by Gasteiger charge is -2.33. The van der Waals surface area contributed by atoms with E-state index in [2.05, 4.69) is 15.5 Å². The number of halogens is 3. The SMILES string of the molecule is CC(C)c1nn(CC(=O)NC2CCCN(CC(F)(F)F)C2)c(=O)c2cc(C3CC3)nn12. The number of hydrogen-bond donors (Lipinski definition) is 1. The van der Waals surface area contributed by atoms with Crippen LogP contribution in [0.3, 0.4) is 0 Å². The summed E-state index contributed by atoms with van der Waals surface area (Å²) in [4.78, 5) is 26.8. The van der Waals surface area contributed by atoms with Gasteiger partial charge in [0.1, 0.15) is 12.1 Å². The minimum atomic E-state index is -4.27. The first-order valence-electron chi connectivity index (χ1n) is 10.7. The van der Waals surface area contributed by atoms with Gasteiger partial charge in [-0.1, -0.05) is 13.8 Å². The number of fused-ring (bicyclic) bond motifs is 1. The largest absolute Gasteiger partial charge is 0.401 e. The molecule has 8 nitrogen and oxygen atoms in total. The summed E-state index contributed by atoms with van der Waals surface area (Å²) in [6, 6.07) is 1.39. The van der Waals surface area contributed by atoms with Gasteiger partial charge in [0.05, 0.1) is 12.2 Å². The van der Waals surface area contributed by atoms with Crippen molar-refractivity contribution in [3.05, 3.63) is 27.9 Å². The van der Waals surface area contributed by atoms with Crippen molar-refractivity contribution >= 4 is 11.4 Å². The number of rotatable bonds is 6. The maximum absolute atomic E-state index is 12.9.